The van der Waals surface area contributed by atoms with E-state index in [1.807, 2.05) is 0 Å². The molecule has 0 aromatic rings. The summed E-state index contributed by atoms with van der Waals surface area (Å²) >= 11 is 0. The summed E-state index contributed by atoms with van der Waals surface area (Å²) in [4.78, 5) is 0. The fourth-order valence-electron chi connectivity index (χ4n) is 1.33. The maximum absolute atomic E-state index is 2.33. The minimum Gasteiger partial charge on any atom is -0.0858 e. The van der Waals surface area contributed by atoms with Gasteiger partial charge >= 0.3 is 0 Å². The van der Waals surface area contributed by atoms with Gasteiger partial charge in [0.15, 0.2) is 0 Å². The lowest BCUT2D eigenvalue weighted by molar-refractivity contribution is 0.496. The monoisotopic (exact) mass is 182 g/mol. The molecule has 0 bridgehead atoms. The first kappa shape index (κ1) is 9.99. The zero-order valence-electron chi connectivity index (χ0n) is 8.81. The minimum absolute atomic E-state index is 0.134. The summed E-state index contributed by atoms with van der Waals surface area (Å²) in [6, 6.07) is 0. The Morgan fingerprint density at radius 2 is 1.75 bits per heavy atom. The van der Waals surface area contributed by atoms with Gasteiger partial charge < -0.3 is 0 Å². The highest BCUT2D eigenvalue weighted by Crippen LogP contribution is 2.46. The van der Waals surface area contributed by atoms with Gasteiger partial charge in [-0.15, -0.1) is 0 Å². The van der Waals surface area contributed by atoms with Gasteiger partial charge in [-0.25, -0.2) is 0 Å². The highest BCUT2D eigenvalue weighted by atomic mass is 31.1. The average Bonchev–Trinajstić information content (AvgIpc) is 2.30. The topological polar surface area (TPSA) is 0 Å². The van der Waals surface area contributed by atoms with Gasteiger partial charge in [-0.3, -0.25) is 0 Å². The molecule has 0 heterocycles. The SMILES string of the molecule is CP(C)C1=CC=C(C(C)(C)C)C1. The molecule has 1 heteroatoms. The van der Waals surface area contributed by atoms with Crippen molar-refractivity contribution >= 4 is 7.92 Å². The fraction of sp³-hybridized carbons (Fsp3) is 0.636. The van der Waals surface area contributed by atoms with Crippen molar-refractivity contribution in [2.24, 2.45) is 5.41 Å². The Bertz CT molecular complexity index is 226. The molecular formula is C11H19P. The number of hydrogen-bond acceptors (Lipinski definition) is 0. The van der Waals surface area contributed by atoms with Crippen LogP contribution in [0.15, 0.2) is 23.0 Å². The van der Waals surface area contributed by atoms with E-state index in [1.54, 1.807) is 10.9 Å². The molecular weight excluding hydrogens is 163 g/mol. The van der Waals surface area contributed by atoms with Crippen LogP contribution in [-0.4, -0.2) is 13.3 Å². The molecule has 0 saturated carbocycles. The Kier molecular flexibility index (Phi) is 2.78. The van der Waals surface area contributed by atoms with Crippen molar-refractivity contribution in [1.29, 1.82) is 0 Å². The van der Waals surface area contributed by atoms with Gasteiger partial charge in [0.25, 0.3) is 0 Å². The van der Waals surface area contributed by atoms with Gasteiger partial charge in [0, 0.05) is 0 Å². The summed E-state index contributed by atoms with van der Waals surface area (Å²) in [6.45, 7) is 11.6. The summed E-state index contributed by atoms with van der Waals surface area (Å²) < 4.78 is 0. The van der Waals surface area contributed by atoms with Gasteiger partial charge in [-0.1, -0.05) is 46.4 Å². The Morgan fingerprint density at radius 3 is 2.00 bits per heavy atom. The van der Waals surface area contributed by atoms with Crippen molar-refractivity contribution in [1.82, 2.24) is 0 Å². The molecule has 0 spiro atoms. The Labute approximate surface area is 77.5 Å². The molecule has 12 heavy (non-hydrogen) atoms. The summed E-state index contributed by atoms with van der Waals surface area (Å²) in [7, 11) is 0.134. The second-order valence-electron chi connectivity index (χ2n) is 4.67. The Hall–Kier alpha value is -0.0900. The molecule has 0 amide bonds. The van der Waals surface area contributed by atoms with E-state index in [-0.39, 0.29) is 7.92 Å². The Morgan fingerprint density at radius 1 is 1.17 bits per heavy atom. The van der Waals surface area contributed by atoms with E-state index in [4.69, 9.17) is 0 Å². The molecule has 0 fully saturated rings. The van der Waals surface area contributed by atoms with Crippen LogP contribution in [0.5, 0.6) is 0 Å². The lowest BCUT2D eigenvalue weighted by Gasteiger charge is -2.21. The fourth-order valence-corrected chi connectivity index (χ4v) is 2.19. The molecule has 1 aliphatic carbocycles. The predicted molar refractivity (Wildman–Crippen MR) is 59.0 cm³/mol. The van der Waals surface area contributed by atoms with E-state index in [2.05, 4.69) is 46.3 Å². The quantitative estimate of drug-likeness (QED) is 0.538. The molecule has 0 unspecified atom stereocenters. The number of hydrogen-bond donors (Lipinski definition) is 0. The largest absolute Gasteiger partial charge is 0.0858 e. The van der Waals surface area contributed by atoms with Crippen LogP contribution < -0.4 is 0 Å². The molecule has 0 aromatic carbocycles. The third-order valence-electron chi connectivity index (χ3n) is 2.39. The van der Waals surface area contributed by atoms with Crippen LogP contribution in [0.4, 0.5) is 0 Å². The van der Waals surface area contributed by atoms with Crippen LogP contribution in [0.3, 0.4) is 0 Å². The van der Waals surface area contributed by atoms with Crippen molar-refractivity contribution in [3.63, 3.8) is 0 Å². The summed E-state index contributed by atoms with van der Waals surface area (Å²) in [5.74, 6) is 0. The standard InChI is InChI=1S/C11H19P/c1-11(2,3)9-6-7-10(8-9)12(4)5/h6-7H,8H2,1-5H3. The van der Waals surface area contributed by atoms with Gasteiger partial charge in [0.05, 0.1) is 0 Å². The minimum atomic E-state index is 0.134. The van der Waals surface area contributed by atoms with E-state index in [9.17, 15) is 0 Å². The molecule has 0 aliphatic heterocycles. The predicted octanol–water partition coefficient (Wildman–Crippen LogP) is 3.99. The molecule has 0 atom stereocenters. The van der Waals surface area contributed by atoms with Gasteiger partial charge in [0.2, 0.25) is 0 Å². The van der Waals surface area contributed by atoms with Gasteiger partial charge in [-0.2, -0.15) is 0 Å². The molecule has 0 N–H and O–H groups in total. The van der Waals surface area contributed by atoms with Crippen molar-refractivity contribution in [3.05, 3.63) is 23.0 Å². The first-order valence-electron chi connectivity index (χ1n) is 4.49. The first-order valence-corrected chi connectivity index (χ1v) is 6.72. The van der Waals surface area contributed by atoms with Crippen molar-refractivity contribution in [2.75, 3.05) is 13.3 Å². The van der Waals surface area contributed by atoms with E-state index in [0.29, 0.717) is 5.41 Å². The van der Waals surface area contributed by atoms with Crippen molar-refractivity contribution in [2.45, 2.75) is 27.2 Å². The molecule has 0 radical (unpaired) electrons. The van der Waals surface area contributed by atoms with Gasteiger partial charge in [0.1, 0.15) is 0 Å². The molecule has 68 valence electrons. The van der Waals surface area contributed by atoms with Gasteiger partial charge in [-0.05, 0) is 30.5 Å². The third-order valence-corrected chi connectivity index (χ3v) is 3.84. The molecule has 0 aromatic heterocycles. The van der Waals surface area contributed by atoms with Crippen LogP contribution in [0, 0.1) is 5.41 Å². The smallest absolute Gasteiger partial charge is 0.00545 e. The lowest BCUT2D eigenvalue weighted by Crippen LogP contribution is -2.07. The summed E-state index contributed by atoms with van der Waals surface area (Å²) in [5, 5.41) is 1.65. The number of rotatable bonds is 1. The molecule has 0 saturated heterocycles. The summed E-state index contributed by atoms with van der Waals surface area (Å²) in [6.07, 6.45) is 5.87. The molecule has 1 rings (SSSR count). The van der Waals surface area contributed by atoms with Crippen LogP contribution in [0.1, 0.15) is 27.2 Å². The highest BCUT2D eigenvalue weighted by Gasteiger charge is 2.21. The normalized spacial score (nSPS) is 18.2. The highest BCUT2D eigenvalue weighted by molar-refractivity contribution is 7.60. The third kappa shape index (κ3) is 2.20. The summed E-state index contributed by atoms with van der Waals surface area (Å²) in [5.41, 5.74) is 1.96. The van der Waals surface area contributed by atoms with Crippen molar-refractivity contribution in [3.8, 4) is 0 Å². The molecule has 1 aliphatic rings. The lowest BCUT2D eigenvalue weighted by atomic mass is 9.86. The number of allylic oxidation sites excluding steroid dienone is 4. The zero-order valence-corrected chi connectivity index (χ0v) is 9.70. The van der Waals surface area contributed by atoms with Crippen LogP contribution >= 0.6 is 7.92 Å². The Balaban J connectivity index is 2.62. The van der Waals surface area contributed by atoms with E-state index < -0.39 is 0 Å². The average molecular weight is 182 g/mol. The van der Waals surface area contributed by atoms with E-state index in [1.165, 1.54) is 6.42 Å². The zero-order chi connectivity index (χ0) is 9.35. The van der Waals surface area contributed by atoms with Crippen LogP contribution in [0.25, 0.3) is 0 Å². The van der Waals surface area contributed by atoms with E-state index >= 15 is 0 Å². The molecule has 0 nitrogen and oxygen atoms in total. The second-order valence-corrected chi connectivity index (χ2v) is 7.03. The van der Waals surface area contributed by atoms with Crippen LogP contribution in [0.2, 0.25) is 0 Å². The maximum atomic E-state index is 2.33. The maximum Gasteiger partial charge on any atom is -0.00545 e. The second kappa shape index (κ2) is 3.34. The van der Waals surface area contributed by atoms with Crippen molar-refractivity contribution < 1.29 is 0 Å². The first-order chi connectivity index (χ1) is 5.41. The van der Waals surface area contributed by atoms with Crippen LogP contribution in [-0.2, 0) is 0 Å². The van der Waals surface area contributed by atoms with E-state index in [0.717, 1.165) is 0 Å².